The molecule has 1 N–H and O–H groups in total. The molecular formula is C16H28N2O. The number of rotatable bonds is 3. The summed E-state index contributed by atoms with van der Waals surface area (Å²) in [4.78, 5) is 0. The first-order chi connectivity index (χ1) is 8.76. The fourth-order valence-corrected chi connectivity index (χ4v) is 4.47. The Balaban J connectivity index is 2.05. The summed E-state index contributed by atoms with van der Waals surface area (Å²) in [5.74, 6) is 0. The van der Waals surface area contributed by atoms with E-state index in [4.69, 9.17) is 4.74 Å². The molecule has 1 aliphatic heterocycles. The molecule has 3 nitrogen and oxygen atoms in total. The van der Waals surface area contributed by atoms with Gasteiger partial charge >= 0.3 is 0 Å². The summed E-state index contributed by atoms with van der Waals surface area (Å²) in [6.45, 7) is 10.8. The maximum atomic E-state index is 9.73. The Morgan fingerprint density at radius 2 is 1.79 bits per heavy atom. The maximum absolute atomic E-state index is 9.73. The van der Waals surface area contributed by atoms with Crippen LogP contribution in [0.2, 0.25) is 0 Å². The summed E-state index contributed by atoms with van der Waals surface area (Å²) in [6.07, 6.45) is 5.65. The van der Waals surface area contributed by atoms with Gasteiger partial charge in [-0.3, -0.25) is 5.32 Å². The van der Waals surface area contributed by atoms with E-state index >= 15 is 0 Å². The molecule has 0 amide bonds. The lowest BCUT2D eigenvalue weighted by atomic mass is 9.59. The van der Waals surface area contributed by atoms with Crippen LogP contribution in [0.4, 0.5) is 0 Å². The molecule has 0 radical (unpaired) electrons. The number of hydrogen-bond acceptors (Lipinski definition) is 3. The van der Waals surface area contributed by atoms with Gasteiger partial charge in [0.05, 0.1) is 12.2 Å². The Kier molecular flexibility index (Phi) is 3.95. The molecule has 1 heterocycles. The van der Waals surface area contributed by atoms with Crippen LogP contribution < -0.4 is 5.32 Å². The van der Waals surface area contributed by atoms with E-state index in [0.717, 1.165) is 38.8 Å². The molecule has 1 aliphatic carbocycles. The van der Waals surface area contributed by atoms with Gasteiger partial charge in [0.25, 0.3) is 0 Å². The molecule has 19 heavy (non-hydrogen) atoms. The number of nitriles is 1. The number of hydrogen-bond donors (Lipinski definition) is 1. The lowest BCUT2D eigenvalue weighted by Gasteiger charge is -2.49. The molecule has 1 saturated carbocycles. The molecule has 0 aromatic carbocycles. The Bertz CT molecular complexity index is 345. The van der Waals surface area contributed by atoms with Crippen LogP contribution in [-0.4, -0.2) is 24.8 Å². The van der Waals surface area contributed by atoms with Crippen molar-refractivity contribution in [3.8, 4) is 6.07 Å². The van der Waals surface area contributed by atoms with E-state index in [-0.39, 0.29) is 16.4 Å². The summed E-state index contributed by atoms with van der Waals surface area (Å²) in [5.41, 5.74) is 0.0687. The standard InChI is InChI=1S/C16H28N2O/c1-14(2)9-15(3,4)11-16(10-14,12-17)18-8-13-6-5-7-19-13/h13,18H,5-11H2,1-4H3. The Labute approximate surface area is 117 Å². The molecule has 2 aliphatic rings. The van der Waals surface area contributed by atoms with Gasteiger partial charge in [0.1, 0.15) is 5.54 Å². The van der Waals surface area contributed by atoms with E-state index < -0.39 is 0 Å². The van der Waals surface area contributed by atoms with Crippen molar-refractivity contribution in [3.63, 3.8) is 0 Å². The first kappa shape index (κ1) is 14.8. The fraction of sp³-hybridized carbons (Fsp3) is 0.938. The van der Waals surface area contributed by atoms with Crippen molar-refractivity contribution in [3.05, 3.63) is 0 Å². The van der Waals surface area contributed by atoms with Crippen LogP contribution in [0.1, 0.15) is 59.8 Å². The second-order valence-corrected chi connectivity index (χ2v) is 8.07. The van der Waals surface area contributed by atoms with E-state index in [1.807, 2.05) is 0 Å². The van der Waals surface area contributed by atoms with E-state index in [9.17, 15) is 5.26 Å². The summed E-state index contributed by atoms with van der Waals surface area (Å²) >= 11 is 0. The molecule has 0 bridgehead atoms. The van der Waals surface area contributed by atoms with Crippen molar-refractivity contribution in [1.29, 1.82) is 5.26 Å². The maximum Gasteiger partial charge on any atom is 0.107 e. The highest BCUT2D eigenvalue weighted by Crippen LogP contribution is 2.49. The van der Waals surface area contributed by atoms with Gasteiger partial charge in [-0.1, -0.05) is 27.7 Å². The SMILES string of the molecule is CC1(C)CC(C)(C)CC(C#N)(NCC2CCCO2)C1. The van der Waals surface area contributed by atoms with Crippen LogP contribution >= 0.6 is 0 Å². The fourth-order valence-electron chi connectivity index (χ4n) is 4.47. The zero-order valence-electron chi connectivity index (χ0n) is 12.9. The third-order valence-corrected chi connectivity index (χ3v) is 4.42. The van der Waals surface area contributed by atoms with Crippen LogP contribution in [0.25, 0.3) is 0 Å². The van der Waals surface area contributed by atoms with Crippen LogP contribution in [-0.2, 0) is 4.74 Å². The molecule has 108 valence electrons. The predicted octanol–water partition coefficient (Wildman–Crippen LogP) is 3.25. The van der Waals surface area contributed by atoms with E-state index in [1.54, 1.807) is 0 Å². The van der Waals surface area contributed by atoms with Crippen molar-refractivity contribution in [2.75, 3.05) is 13.2 Å². The molecule has 2 fully saturated rings. The largest absolute Gasteiger partial charge is 0.377 e. The number of nitrogens with one attached hydrogen (secondary N) is 1. The van der Waals surface area contributed by atoms with Gasteiger partial charge in [-0.25, -0.2) is 0 Å². The summed E-state index contributed by atoms with van der Waals surface area (Å²) in [6, 6.07) is 2.59. The monoisotopic (exact) mass is 264 g/mol. The van der Waals surface area contributed by atoms with Crippen LogP contribution in [0.15, 0.2) is 0 Å². The Hall–Kier alpha value is -0.590. The van der Waals surface area contributed by atoms with Crippen LogP contribution in [0.5, 0.6) is 0 Å². The van der Waals surface area contributed by atoms with Crippen molar-refractivity contribution in [2.24, 2.45) is 10.8 Å². The number of ether oxygens (including phenoxy) is 1. The minimum atomic E-state index is -0.378. The molecule has 3 heteroatoms. The Morgan fingerprint density at radius 1 is 1.16 bits per heavy atom. The van der Waals surface area contributed by atoms with Crippen molar-refractivity contribution >= 4 is 0 Å². The second kappa shape index (κ2) is 5.07. The second-order valence-electron chi connectivity index (χ2n) is 8.07. The van der Waals surface area contributed by atoms with Crippen molar-refractivity contribution < 1.29 is 4.74 Å². The summed E-state index contributed by atoms with van der Waals surface area (Å²) < 4.78 is 5.67. The third kappa shape index (κ3) is 3.70. The lowest BCUT2D eigenvalue weighted by Crippen LogP contribution is -2.55. The van der Waals surface area contributed by atoms with E-state index in [1.165, 1.54) is 6.42 Å². The van der Waals surface area contributed by atoms with Crippen molar-refractivity contribution in [2.45, 2.75) is 71.4 Å². The van der Waals surface area contributed by atoms with Gasteiger partial charge in [0, 0.05) is 13.2 Å². The van der Waals surface area contributed by atoms with Gasteiger partial charge in [-0.2, -0.15) is 5.26 Å². The topological polar surface area (TPSA) is 45.0 Å². The molecule has 1 atom stereocenters. The molecule has 0 aromatic rings. The van der Waals surface area contributed by atoms with Gasteiger partial charge in [0.2, 0.25) is 0 Å². The highest BCUT2D eigenvalue weighted by Gasteiger charge is 2.47. The average molecular weight is 264 g/mol. The van der Waals surface area contributed by atoms with Crippen LogP contribution in [0.3, 0.4) is 0 Å². The zero-order valence-corrected chi connectivity index (χ0v) is 12.9. The van der Waals surface area contributed by atoms with Crippen LogP contribution in [0, 0.1) is 22.2 Å². The van der Waals surface area contributed by atoms with Gasteiger partial charge in [-0.05, 0) is 42.9 Å². The Morgan fingerprint density at radius 3 is 2.26 bits per heavy atom. The number of nitrogens with zero attached hydrogens (tertiary/aromatic N) is 1. The third-order valence-electron chi connectivity index (χ3n) is 4.42. The highest BCUT2D eigenvalue weighted by molar-refractivity contribution is 5.14. The average Bonchev–Trinajstić information content (AvgIpc) is 2.75. The van der Waals surface area contributed by atoms with Gasteiger partial charge < -0.3 is 4.74 Å². The minimum Gasteiger partial charge on any atom is -0.377 e. The van der Waals surface area contributed by atoms with E-state index in [2.05, 4.69) is 39.1 Å². The van der Waals surface area contributed by atoms with Crippen molar-refractivity contribution in [1.82, 2.24) is 5.32 Å². The molecule has 1 saturated heterocycles. The predicted molar refractivity (Wildman–Crippen MR) is 76.7 cm³/mol. The zero-order chi connectivity index (χ0) is 14.1. The first-order valence-corrected chi connectivity index (χ1v) is 7.54. The van der Waals surface area contributed by atoms with E-state index in [0.29, 0.717) is 6.10 Å². The quantitative estimate of drug-likeness (QED) is 0.851. The normalized spacial score (nSPS) is 31.8. The molecular weight excluding hydrogens is 236 g/mol. The molecule has 2 rings (SSSR count). The lowest BCUT2D eigenvalue weighted by molar-refractivity contribution is 0.0421. The molecule has 1 unspecified atom stereocenters. The first-order valence-electron chi connectivity index (χ1n) is 7.54. The molecule has 0 spiro atoms. The summed E-state index contributed by atoms with van der Waals surface area (Å²) in [5, 5.41) is 13.3. The minimum absolute atomic E-state index is 0.223. The van der Waals surface area contributed by atoms with Gasteiger partial charge in [-0.15, -0.1) is 0 Å². The highest BCUT2D eigenvalue weighted by atomic mass is 16.5. The van der Waals surface area contributed by atoms with Gasteiger partial charge in [0.15, 0.2) is 0 Å². The molecule has 0 aromatic heterocycles. The smallest absolute Gasteiger partial charge is 0.107 e. The summed E-state index contributed by atoms with van der Waals surface area (Å²) in [7, 11) is 0.